The van der Waals surface area contributed by atoms with Crippen LogP contribution >= 0.6 is 12.6 Å². The topological polar surface area (TPSA) is 66.4 Å². The van der Waals surface area contributed by atoms with Crippen molar-refractivity contribution < 1.29 is 14.7 Å². The molecule has 1 amide bonds. The Bertz CT molecular complexity index is 148. The van der Waals surface area contributed by atoms with Gasteiger partial charge >= 0.3 is 0 Å². The normalized spacial score (nSPS) is 12.3. The smallest absolute Gasteiger partial charge is 0.217 e. The molecule has 0 spiro atoms. The fraction of sp³-hybridized carbons (Fsp3) is 0.600. The van der Waals surface area contributed by atoms with Crippen LogP contribution in [0.2, 0.25) is 0 Å². The highest BCUT2D eigenvalue weighted by Crippen LogP contribution is 1.88. The van der Waals surface area contributed by atoms with Gasteiger partial charge < -0.3 is 10.4 Å². The number of aliphatic hydroxyl groups excluding tert-OH is 1. The molecule has 0 saturated heterocycles. The van der Waals surface area contributed by atoms with Crippen LogP contribution in [0, 0.1) is 0 Å². The van der Waals surface area contributed by atoms with E-state index < -0.39 is 17.8 Å². The fourth-order valence-electron chi connectivity index (χ4n) is 0.431. The monoisotopic (exact) mass is 163 g/mol. The molecule has 58 valence electrons. The maximum atomic E-state index is 10.4. The van der Waals surface area contributed by atoms with Crippen molar-refractivity contribution in [2.75, 3.05) is 6.61 Å². The van der Waals surface area contributed by atoms with Crippen LogP contribution in [0.3, 0.4) is 0 Å². The summed E-state index contributed by atoms with van der Waals surface area (Å²) in [5, 5.41) is 10.1. The number of amides is 1. The Labute approximate surface area is 64.0 Å². The zero-order chi connectivity index (χ0) is 8.15. The molecule has 0 heterocycles. The minimum absolute atomic E-state index is 0.360. The van der Waals surface area contributed by atoms with E-state index in [1.165, 1.54) is 6.92 Å². The average molecular weight is 163 g/mol. The van der Waals surface area contributed by atoms with E-state index in [0.717, 1.165) is 0 Å². The van der Waals surface area contributed by atoms with E-state index in [2.05, 4.69) is 17.9 Å². The maximum Gasteiger partial charge on any atom is 0.217 e. The van der Waals surface area contributed by atoms with Gasteiger partial charge in [-0.15, -0.1) is 12.6 Å². The molecular weight excluding hydrogens is 154 g/mol. The molecule has 0 unspecified atom stereocenters. The summed E-state index contributed by atoms with van der Waals surface area (Å²) in [4.78, 5) is 20.7. The molecule has 0 aliphatic carbocycles. The Kier molecular flexibility index (Phi) is 4.06. The number of aliphatic hydroxyl groups is 1. The summed E-state index contributed by atoms with van der Waals surface area (Å²) in [5.74, 6) is -0.360. The number of carbonyl (C=O) groups is 2. The standard InChI is InChI=1S/C5H9NO3S/c1-3(8)6-4(2-7)5(9)10/h4,7H,2H2,1H3,(H,6,8)(H,9,10)/t4-/m1/s1. The maximum absolute atomic E-state index is 10.4. The molecule has 10 heavy (non-hydrogen) atoms. The molecule has 4 nitrogen and oxygen atoms in total. The van der Waals surface area contributed by atoms with Crippen molar-refractivity contribution in [1.29, 1.82) is 0 Å². The van der Waals surface area contributed by atoms with Crippen LogP contribution in [0.15, 0.2) is 0 Å². The summed E-state index contributed by atoms with van der Waals surface area (Å²) >= 11 is 3.43. The Morgan fingerprint density at radius 3 is 2.30 bits per heavy atom. The molecule has 0 fully saturated rings. The van der Waals surface area contributed by atoms with Crippen LogP contribution in [-0.4, -0.2) is 28.8 Å². The lowest BCUT2D eigenvalue weighted by molar-refractivity contribution is -0.123. The van der Waals surface area contributed by atoms with Crippen molar-refractivity contribution in [3.05, 3.63) is 0 Å². The van der Waals surface area contributed by atoms with Gasteiger partial charge in [0.25, 0.3) is 0 Å². The third-order valence-corrected chi connectivity index (χ3v) is 1.17. The number of thiol groups is 1. The van der Waals surface area contributed by atoms with E-state index in [0.29, 0.717) is 0 Å². The van der Waals surface area contributed by atoms with Crippen molar-refractivity contribution in [3.63, 3.8) is 0 Å². The van der Waals surface area contributed by atoms with E-state index in [4.69, 9.17) is 5.11 Å². The lowest BCUT2D eigenvalue weighted by atomic mass is 10.3. The number of carbonyl (C=O) groups excluding carboxylic acids is 2. The number of hydrogen-bond donors (Lipinski definition) is 3. The first-order valence-corrected chi connectivity index (χ1v) is 3.13. The first kappa shape index (κ1) is 9.45. The van der Waals surface area contributed by atoms with E-state index in [9.17, 15) is 9.59 Å². The highest BCUT2D eigenvalue weighted by Gasteiger charge is 2.13. The lowest BCUT2D eigenvalue weighted by Gasteiger charge is -2.09. The summed E-state index contributed by atoms with van der Waals surface area (Å²) in [6, 6.07) is -0.874. The van der Waals surface area contributed by atoms with Crippen molar-refractivity contribution >= 4 is 23.7 Å². The summed E-state index contributed by atoms with van der Waals surface area (Å²) in [7, 11) is 0. The summed E-state index contributed by atoms with van der Waals surface area (Å²) < 4.78 is 0. The van der Waals surface area contributed by atoms with Crippen molar-refractivity contribution in [1.82, 2.24) is 5.32 Å². The van der Waals surface area contributed by atoms with Gasteiger partial charge in [-0.2, -0.15) is 0 Å². The van der Waals surface area contributed by atoms with Crippen molar-refractivity contribution in [2.45, 2.75) is 13.0 Å². The van der Waals surface area contributed by atoms with Gasteiger partial charge in [0.15, 0.2) is 0 Å². The number of hydrogen-bond acceptors (Lipinski definition) is 3. The van der Waals surface area contributed by atoms with Gasteiger partial charge in [0.2, 0.25) is 11.0 Å². The third-order valence-electron chi connectivity index (χ3n) is 0.858. The second kappa shape index (κ2) is 4.29. The minimum Gasteiger partial charge on any atom is -0.394 e. The van der Waals surface area contributed by atoms with Crippen LogP contribution in [0.1, 0.15) is 6.92 Å². The van der Waals surface area contributed by atoms with Gasteiger partial charge in [-0.05, 0) is 0 Å². The molecule has 0 aromatic carbocycles. The molecular formula is C5H9NO3S. The van der Waals surface area contributed by atoms with Crippen LogP contribution in [0.25, 0.3) is 0 Å². The molecule has 0 aromatic rings. The minimum atomic E-state index is -0.874. The summed E-state index contributed by atoms with van der Waals surface area (Å²) in [6.45, 7) is 0.849. The first-order valence-electron chi connectivity index (χ1n) is 2.68. The van der Waals surface area contributed by atoms with Crippen LogP contribution < -0.4 is 5.32 Å². The quantitative estimate of drug-likeness (QED) is 0.465. The van der Waals surface area contributed by atoms with Crippen molar-refractivity contribution in [2.24, 2.45) is 0 Å². The molecule has 0 aliphatic rings. The lowest BCUT2D eigenvalue weighted by Crippen LogP contribution is -2.40. The SMILES string of the molecule is CC(=O)N[C@H](CO)C(=O)S. The van der Waals surface area contributed by atoms with Crippen LogP contribution in [0.5, 0.6) is 0 Å². The summed E-state index contributed by atoms with van der Waals surface area (Å²) in [5.41, 5.74) is 0. The molecule has 0 aromatic heterocycles. The zero-order valence-electron chi connectivity index (χ0n) is 5.50. The molecule has 5 heteroatoms. The molecule has 0 bridgehead atoms. The van der Waals surface area contributed by atoms with Gasteiger partial charge in [0.1, 0.15) is 6.04 Å². The molecule has 0 radical (unpaired) electrons. The van der Waals surface area contributed by atoms with E-state index in [1.807, 2.05) is 0 Å². The van der Waals surface area contributed by atoms with E-state index in [1.54, 1.807) is 0 Å². The molecule has 0 saturated carbocycles. The molecule has 1 atom stereocenters. The highest BCUT2D eigenvalue weighted by atomic mass is 32.1. The van der Waals surface area contributed by atoms with Gasteiger partial charge in [0, 0.05) is 6.92 Å². The Morgan fingerprint density at radius 2 is 2.20 bits per heavy atom. The Morgan fingerprint density at radius 1 is 1.70 bits per heavy atom. The largest absolute Gasteiger partial charge is 0.394 e. The zero-order valence-corrected chi connectivity index (χ0v) is 6.39. The Hall–Kier alpha value is -0.550. The average Bonchev–Trinajstić information content (AvgIpc) is 1.81. The number of rotatable bonds is 3. The molecule has 0 rings (SSSR count). The van der Waals surface area contributed by atoms with Crippen LogP contribution in [-0.2, 0) is 9.59 Å². The fourth-order valence-corrected chi connectivity index (χ4v) is 0.577. The van der Waals surface area contributed by atoms with Crippen LogP contribution in [0.4, 0.5) is 0 Å². The molecule has 2 N–H and O–H groups in total. The van der Waals surface area contributed by atoms with E-state index >= 15 is 0 Å². The Balaban J connectivity index is 3.83. The number of nitrogens with one attached hydrogen (secondary N) is 1. The predicted octanol–water partition coefficient (Wildman–Crippen LogP) is -1.06. The second-order valence-electron chi connectivity index (χ2n) is 1.77. The first-order chi connectivity index (χ1) is 4.57. The van der Waals surface area contributed by atoms with Gasteiger partial charge in [0.05, 0.1) is 6.61 Å². The second-order valence-corrected chi connectivity index (χ2v) is 2.21. The van der Waals surface area contributed by atoms with Gasteiger partial charge in [-0.1, -0.05) is 0 Å². The molecule has 0 aliphatic heterocycles. The predicted molar refractivity (Wildman–Crippen MR) is 38.7 cm³/mol. The van der Waals surface area contributed by atoms with Crippen molar-refractivity contribution in [3.8, 4) is 0 Å². The van der Waals surface area contributed by atoms with Gasteiger partial charge in [-0.25, -0.2) is 0 Å². The third kappa shape index (κ3) is 3.47. The highest BCUT2D eigenvalue weighted by molar-refractivity contribution is 7.96. The van der Waals surface area contributed by atoms with E-state index in [-0.39, 0.29) is 5.91 Å². The summed E-state index contributed by atoms with van der Waals surface area (Å²) in [6.07, 6.45) is 0. The van der Waals surface area contributed by atoms with Gasteiger partial charge in [-0.3, -0.25) is 9.59 Å².